The lowest BCUT2D eigenvalue weighted by molar-refractivity contribution is -0.132. The highest BCUT2D eigenvalue weighted by Gasteiger charge is 2.25. The van der Waals surface area contributed by atoms with Gasteiger partial charge < -0.3 is 14.7 Å². The first-order valence-corrected chi connectivity index (χ1v) is 10.1. The van der Waals surface area contributed by atoms with Crippen molar-refractivity contribution in [2.24, 2.45) is 0 Å². The molecule has 0 N–H and O–H groups in total. The summed E-state index contributed by atoms with van der Waals surface area (Å²) in [6, 6.07) is 13.1. The van der Waals surface area contributed by atoms with E-state index in [0.29, 0.717) is 19.6 Å². The van der Waals surface area contributed by atoms with Crippen molar-refractivity contribution < 1.29 is 13.6 Å². The molecular formula is C22H26F2N4O. The average Bonchev–Trinajstić information content (AvgIpc) is 2.76. The number of carbonyl (C=O) groups excluding carboxylic acids is 1. The lowest BCUT2D eigenvalue weighted by Gasteiger charge is -2.39. The molecule has 2 aliphatic rings. The van der Waals surface area contributed by atoms with E-state index in [0.717, 1.165) is 50.6 Å². The van der Waals surface area contributed by atoms with Crippen LogP contribution < -0.4 is 9.80 Å². The molecule has 1 amide bonds. The Morgan fingerprint density at radius 1 is 0.655 bits per heavy atom. The van der Waals surface area contributed by atoms with Gasteiger partial charge in [-0.3, -0.25) is 9.69 Å². The minimum Gasteiger partial charge on any atom is -0.369 e. The van der Waals surface area contributed by atoms with Gasteiger partial charge in [0.15, 0.2) is 0 Å². The summed E-state index contributed by atoms with van der Waals surface area (Å²) in [5.74, 6) is -0.293. The molecule has 4 rings (SSSR count). The molecule has 5 nitrogen and oxygen atoms in total. The molecule has 7 heteroatoms. The second-order valence-corrected chi connectivity index (χ2v) is 7.58. The van der Waals surface area contributed by atoms with Gasteiger partial charge in [-0.15, -0.1) is 0 Å². The van der Waals surface area contributed by atoms with Crippen LogP contribution in [0.5, 0.6) is 0 Å². The van der Waals surface area contributed by atoms with Gasteiger partial charge in [0.1, 0.15) is 11.6 Å². The van der Waals surface area contributed by atoms with E-state index in [2.05, 4.69) is 14.7 Å². The van der Waals surface area contributed by atoms with Crippen molar-refractivity contribution >= 4 is 17.3 Å². The first-order chi connectivity index (χ1) is 14.1. The molecule has 0 spiro atoms. The van der Waals surface area contributed by atoms with Crippen molar-refractivity contribution in [3.8, 4) is 0 Å². The topological polar surface area (TPSA) is 30.0 Å². The summed E-state index contributed by atoms with van der Waals surface area (Å²) in [6.45, 7) is 6.63. The summed E-state index contributed by atoms with van der Waals surface area (Å²) in [5, 5.41) is 0. The third kappa shape index (κ3) is 4.85. The second kappa shape index (κ2) is 8.78. The Hall–Kier alpha value is -2.67. The molecule has 0 radical (unpaired) electrons. The van der Waals surface area contributed by atoms with Gasteiger partial charge in [0.2, 0.25) is 5.91 Å². The van der Waals surface area contributed by atoms with Crippen LogP contribution in [0.1, 0.15) is 0 Å². The number of piperazine rings is 2. The smallest absolute Gasteiger partial charge is 0.236 e. The van der Waals surface area contributed by atoms with Crippen LogP contribution in [-0.2, 0) is 4.79 Å². The van der Waals surface area contributed by atoms with Crippen molar-refractivity contribution in [2.75, 3.05) is 68.7 Å². The number of benzene rings is 2. The highest BCUT2D eigenvalue weighted by atomic mass is 19.1. The summed E-state index contributed by atoms with van der Waals surface area (Å²) < 4.78 is 26.2. The number of hydrogen-bond acceptors (Lipinski definition) is 4. The number of rotatable bonds is 4. The maximum Gasteiger partial charge on any atom is 0.236 e. The third-order valence-corrected chi connectivity index (χ3v) is 5.75. The Balaban J connectivity index is 1.22. The fourth-order valence-corrected chi connectivity index (χ4v) is 3.97. The van der Waals surface area contributed by atoms with Crippen LogP contribution in [0.25, 0.3) is 0 Å². The van der Waals surface area contributed by atoms with E-state index in [1.165, 1.54) is 24.3 Å². The predicted octanol–water partition coefficient (Wildman–Crippen LogP) is 2.44. The van der Waals surface area contributed by atoms with Crippen LogP contribution in [-0.4, -0.2) is 74.6 Å². The fourth-order valence-electron chi connectivity index (χ4n) is 3.97. The van der Waals surface area contributed by atoms with Gasteiger partial charge in [-0.1, -0.05) is 0 Å². The van der Waals surface area contributed by atoms with Crippen LogP contribution in [0, 0.1) is 11.6 Å². The summed E-state index contributed by atoms with van der Waals surface area (Å²) in [7, 11) is 0. The summed E-state index contributed by atoms with van der Waals surface area (Å²) in [4.78, 5) is 21.2. The van der Waals surface area contributed by atoms with E-state index in [9.17, 15) is 13.6 Å². The number of anilines is 2. The molecule has 0 atom stereocenters. The Kier molecular flexibility index (Phi) is 5.94. The molecule has 0 aliphatic carbocycles. The first-order valence-electron chi connectivity index (χ1n) is 10.1. The van der Waals surface area contributed by atoms with E-state index in [1.807, 2.05) is 4.90 Å². The summed E-state index contributed by atoms with van der Waals surface area (Å²) >= 11 is 0. The molecule has 0 aromatic heterocycles. The van der Waals surface area contributed by atoms with E-state index >= 15 is 0 Å². The van der Waals surface area contributed by atoms with E-state index in [-0.39, 0.29) is 17.5 Å². The number of halogens is 2. The molecular weight excluding hydrogens is 374 g/mol. The van der Waals surface area contributed by atoms with E-state index in [1.54, 1.807) is 24.3 Å². The highest BCUT2D eigenvalue weighted by Crippen LogP contribution is 2.18. The predicted molar refractivity (Wildman–Crippen MR) is 110 cm³/mol. The van der Waals surface area contributed by atoms with Gasteiger partial charge >= 0.3 is 0 Å². The van der Waals surface area contributed by atoms with Gasteiger partial charge in [0, 0.05) is 63.7 Å². The number of nitrogens with zero attached hydrogens (tertiary/aromatic N) is 4. The Labute approximate surface area is 170 Å². The van der Waals surface area contributed by atoms with Gasteiger partial charge in [-0.25, -0.2) is 8.78 Å². The molecule has 2 fully saturated rings. The van der Waals surface area contributed by atoms with Crippen molar-refractivity contribution in [3.05, 3.63) is 60.2 Å². The zero-order valence-corrected chi connectivity index (χ0v) is 16.4. The lowest BCUT2D eigenvalue weighted by atomic mass is 10.2. The van der Waals surface area contributed by atoms with Crippen LogP contribution >= 0.6 is 0 Å². The molecule has 154 valence electrons. The van der Waals surface area contributed by atoms with Gasteiger partial charge in [-0.05, 0) is 48.5 Å². The van der Waals surface area contributed by atoms with E-state index < -0.39 is 0 Å². The quantitative estimate of drug-likeness (QED) is 0.789. The summed E-state index contributed by atoms with van der Waals surface area (Å²) in [6.07, 6.45) is 0. The maximum atomic E-state index is 13.1. The maximum absolute atomic E-state index is 13.1. The zero-order valence-electron chi connectivity index (χ0n) is 16.4. The Morgan fingerprint density at radius 2 is 1.07 bits per heavy atom. The van der Waals surface area contributed by atoms with Crippen molar-refractivity contribution in [2.45, 2.75) is 0 Å². The lowest BCUT2D eigenvalue weighted by Crippen LogP contribution is -2.54. The van der Waals surface area contributed by atoms with E-state index in [4.69, 9.17) is 0 Å². The SMILES string of the molecule is O=C(CN1CCN(c2ccc(F)cc2)CC1)N1CCN(c2ccc(F)cc2)CC1. The largest absolute Gasteiger partial charge is 0.369 e. The average molecular weight is 400 g/mol. The van der Waals surface area contributed by atoms with Crippen LogP contribution in [0.3, 0.4) is 0 Å². The molecule has 0 unspecified atom stereocenters. The second-order valence-electron chi connectivity index (χ2n) is 7.58. The third-order valence-electron chi connectivity index (χ3n) is 5.75. The molecule has 0 bridgehead atoms. The number of carbonyl (C=O) groups is 1. The number of hydrogen-bond donors (Lipinski definition) is 0. The van der Waals surface area contributed by atoms with Crippen LogP contribution in [0.2, 0.25) is 0 Å². The standard InChI is InChI=1S/C22H26F2N4O/c23-18-1-5-20(6-2-18)26-11-9-25(10-12-26)17-22(29)28-15-13-27(14-16-28)21-7-3-19(24)4-8-21/h1-8H,9-17H2. The zero-order chi connectivity index (χ0) is 20.2. The minimum atomic E-state index is -0.234. The van der Waals surface area contributed by atoms with Crippen molar-refractivity contribution in [1.82, 2.24) is 9.80 Å². The Bertz CT molecular complexity index is 812. The molecule has 2 saturated heterocycles. The molecule has 2 aromatic rings. The summed E-state index contributed by atoms with van der Waals surface area (Å²) in [5.41, 5.74) is 2.02. The van der Waals surface area contributed by atoms with Gasteiger partial charge in [0.25, 0.3) is 0 Å². The molecule has 29 heavy (non-hydrogen) atoms. The minimum absolute atomic E-state index is 0.166. The Morgan fingerprint density at radius 3 is 1.52 bits per heavy atom. The van der Waals surface area contributed by atoms with Crippen LogP contribution in [0.4, 0.5) is 20.2 Å². The molecule has 2 aliphatic heterocycles. The molecule has 0 saturated carbocycles. The highest BCUT2D eigenvalue weighted by molar-refractivity contribution is 5.78. The normalized spacial score (nSPS) is 18.2. The fraction of sp³-hybridized carbons (Fsp3) is 0.409. The first kappa shape index (κ1) is 19.6. The molecule has 2 heterocycles. The molecule has 2 aromatic carbocycles. The number of amides is 1. The van der Waals surface area contributed by atoms with Crippen molar-refractivity contribution in [3.63, 3.8) is 0 Å². The van der Waals surface area contributed by atoms with Gasteiger partial charge in [0.05, 0.1) is 6.54 Å². The van der Waals surface area contributed by atoms with Crippen LogP contribution in [0.15, 0.2) is 48.5 Å². The van der Waals surface area contributed by atoms with Crippen molar-refractivity contribution in [1.29, 1.82) is 0 Å². The monoisotopic (exact) mass is 400 g/mol. The van der Waals surface area contributed by atoms with Gasteiger partial charge in [-0.2, -0.15) is 0 Å².